The highest BCUT2D eigenvalue weighted by Gasteiger charge is 2.37. The van der Waals surface area contributed by atoms with Crippen LogP contribution in [0, 0.1) is 0 Å². The summed E-state index contributed by atoms with van der Waals surface area (Å²) in [6.07, 6.45) is 3.55. The van der Waals surface area contributed by atoms with Gasteiger partial charge in [0.05, 0.1) is 12.4 Å². The number of aliphatic imine (C=N–C) groups is 1. The zero-order valence-corrected chi connectivity index (χ0v) is 9.09. The average Bonchev–Trinajstić information content (AvgIpc) is 1.78. The lowest BCUT2D eigenvalue weighted by Gasteiger charge is -2.45. The fraction of sp³-hybridized carbons (Fsp3) is 0.900. The van der Waals surface area contributed by atoms with E-state index in [0.29, 0.717) is 6.04 Å². The molecule has 1 saturated heterocycles. The van der Waals surface area contributed by atoms with Crippen molar-refractivity contribution in [1.29, 1.82) is 0 Å². The average molecular weight is 183 g/mol. The molecule has 0 aromatic heterocycles. The molecule has 0 bridgehead atoms. The topological polar surface area (TPSA) is 50.4 Å². The summed E-state index contributed by atoms with van der Waals surface area (Å²) in [6, 6.07) is 0.372. The van der Waals surface area contributed by atoms with Gasteiger partial charge in [-0.3, -0.25) is 4.99 Å². The molecule has 0 aromatic carbocycles. The van der Waals surface area contributed by atoms with Crippen molar-refractivity contribution < 1.29 is 0 Å². The lowest BCUT2D eigenvalue weighted by molar-refractivity contribution is 0.164. The highest BCUT2D eigenvalue weighted by atomic mass is 15.1. The molecule has 76 valence electrons. The molecule has 0 saturated carbocycles. The monoisotopic (exact) mass is 183 g/mol. The standard InChI is InChI=1S/C10H21N3/c1-9(2)5-8(12-7-11)6-10(3,4)13-9/h7-8,13H,5-6H2,1-4H3,(H2,11,12). The highest BCUT2D eigenvalue weighted by molar-refractivity contribution is 5.51. The first kappa shape index (κ1) is 10.5. The van der Waals surface area contributed by atoms with Gasteiger partial charge in [-0.1, -0.05) is 0 Å². The Morgan fingerprint density at radius 3 is 2.08 bits per heavy atom. The van der Waals surface area contributed by atoms with E-state index in [-0.39, 0.29) is 11.1 Å². The molecule has 0 atom stereocenters. The Hall–Kier alpha value is -0.570. The Balaban J connectivity index is 2.72. The van der Waals surface area contributed by atoms with E-state index >= 15 is 0 Å². The molecule has 0 unspecified atom stereocenters. The highest BCUT2D eigenvalue weighted by Crippen LogP contribution is 2.29. The van der Waals surface area contributed by atoms with Crippen molar-refractivity contribution in [3.63, 3.8) is 0 Å². The van der Waals surface area contributed by atoms with E-state index in [1.165, 1.54) is 6.34 Å². The van der Waals surface area contributed by atoms with Gasteiger partial charge in [0, 0.05) is 11.1 Å². The zero-order chi connectivity index (χ0) is 10.1. The van der Waals surface area contributed by atoms with Gasteiger partial charge in [-0.05, 0) is 40.5 Å². The van der Waals surface area contributed by atoms with Crippen LogP contribution in [0.15, 0.2) is 4.99 Å². The van der Waals surface area contributed by atoms with E-state index in [1.807, 2.05) is 0 Å². The van der Waals surface area contributed by atoms with Gasteiger partial charge in [-0.25, -0.2) is 0 Å². The second kappa shape index (κ2) is 3.29. The number of nitrogens with two attached hydrogens (primary N) is 1. The number of nitrogens with one attached hydrogen (secondary N) is 1. The third-order valence-corrected chi connectivity index (χ3v) is 2.47. The molecule has 13 heavy (non-hydrogen) atoms. The number of rotatable bonds is 1. The second-order valence-corrected chi connectivity index (χ2v) is 5.25. The van der Waals surface area contributed by atoms with E-state index in [4.69, 9.17) is 5.73 Å². The third kappa shape index (κ3) is 2.99. The lowest BCUT2D eigenvalue weighted by Crippen LogP contribution is -2.58. The normalized spacial score (nSPS) is 28.0. The Kier molecular flexibility index (Phi) is 2.66. The molecule has 0 amide bonds. The minimum absolute atomic E-state index is 0.166. The van der Waals surface area contributed by atoms with Gasteiger partial charge in [-0.15, -0.1) is 0 Å². The summed E-state index contributed by atoms with van der Waals surface area (Å²) in [7, 11) is 0. The SMILES string of the molecule is CC1(C)CC(N=CN)CC(C)(C)N1. The van der Waals surface area contributed by atoms with Crippen LogP contribution in [0.25, 0.3) is 0 Å². The molecule has 3 heteroatoms. The first-order chi connectivity index (χ1) is 5.85. The Labute approximate surface area is 80.8 Å². The molecule has 1 fully saturated rings. The summed E-state index contributed by atoms with van der Waals surface area (Å²) in [5.41, 5.74) is 5.66. The largest absolute Gasteiger partial charge is 0.390 e. The zero-order valence-electron chi connectivity index (χ0n) is 9.09. The fourth-order valence-electron chi connectivity index (χ4n) is 2.50. The van der Waals surface area contributed by atoms with Crippen LogP contribution in [0.3, 0.4) is 0 Å². The molecule has 0 aliphatic carbocycles. The fourth-order valence-corrected chi connectivity index (χ4v) is 2.50. The number of piperidine rings is 1. The van der Waals surface area contributed by atoms with Crippen LogP contribution in [-0.2, 0) is 0 Å². The van der Waals surface area contributed by atoms with Gasteiger partial charge in [0.2, 0.25) is 0 Å². The van der Waals surface area contributed by atoms with Crippen LogP contribution in [0.1, 0.15) is 40.5 Å². The van der Waals surface area contributed by atoms with Gasteiger partial charge in [0.15, 0.2) is 0 Å². The van der Waals surface area contributed by atoms with Crippen LogP contribution in [-0.4, -0.2) is 23.5 Å². The minimum atomic E-state index is 0.166. The van der Waals surface area contributed by atoms with E-state index < -0.39 is 0 Å². The molecular weight excluding hydrogens is 162 g/mol. The van der Waals surface area contributed by atoms with E-state index in [2.05, 4.69) is 38.0 Å². The number of hydrogen-bond donors (Lipinski definition) is 2. The van der Waals surface area contributed by atoms with Crippen molar-refractivity contribution >= 4 is 6.34 Å². The first-order valence-electron chi connectivity index (χ1n) is 4.87. The van der Waals surface area contributed by atoms with Crippen molar-refractivity contribution in [2.45, 2.75) is 57.7 Å². The summed E-state index contributed by atoms with van der Waals surface area (Å²) in [5, 5.41) is 3.61. The smallest absolute Gasteiger partial charge is 0.0801 e. The van der Waals surface area contributed by atoms with Crippen molar-refractivity contribution in [2.75, 3.05) is 0 Å². The molecule has 3 nitrogen and oxygen atoms in total. The van der Waals surface area contributed by atoms with E-state index in [0.717, 1.165) is 12.8 Å². The Morgan fingerprint density at radius 2 is 1.69 bits per heavy atom. The van der Waals surface area contributed by atoms with Crippen molar-refractivity contribution in [1.82, 2.24) is 5.32 Å². The Morgan fingerprint density at radius 1 is 1.23 bits per heavy atom. The molecular formula is C10H21N3. The molecule has 1 aliphatic rings. The lowest BCUT2D eigenvalue weighted by atomic mass is 9.80. The van der Waals surface area contributed by atoms with Gasteiger partial charge in [0.25, 0.3) is 0 Å². The van der Waals surface area contributed by atoms with Gasteiger partial charge in [0.1, 0.15) is 0 Å². The van der Waals surface area contributed by atoms with Crippen molar-refractivity contribution in [3.8, 4) is 0 Å². The van der Waals surface area contributed by atoms with Crippen LogP contribution in [0.2, 0.25) is 0 Å². The summed E-state index contributed by atoms with van der Waals surface area (Å²) in [5.74, 6) is 0. The van der Waals surface area contributed by atoms with Crippen molar-refractivity contribution in [3.05, 3.63) is 0 Å². The van der Waals surface area contributed by atoms with Gasteiger partial charge >= 0.3 is 0 Å². The van der Waals surface area contributed by atoms with Gasteiger partial charge < -0.3 is 11.1 Å². The van der Waals surface area contributed by atoms with Gasteiger partial charge in [-0.2, -0.15) is 0 Å². The molecule has 1 heterocycles. The summed E-state index contributed by atoms with van der Waals surface area (Å²) in [6.45, 7) is 8.86. The summed E-state index contributed by atoms with van der Waals surface area (Å²) < 4.78 is 0. The minimum Gasteiger partial charge on any atom is -0.390 e. The van der Waals surface area contributed by atoms with Crippen LogP contribution in [0.4, 0.5) is 0 Å². The maximum atomic E-state index is 5.32. The van der Waals surface area contributed by atoms with Crippen LogP contribution >= 0.6 is 0 Å². The maximum absolute atomic E-state index is 5.32. The maximum Gasteiger partial charge on any atom is 0.0801 e. The molecule has 1 aliphatic heterocycles. The van der Waals surface area contributed by atoms with Crippen molar-refractivity contribution in [2.24, 2.45) is 10.7 Å². The number of hydrogen-bond acceptors (Lipinski definition) is 2. The molecule has 0 aromatic rings. The molecule has 0 spiro atoms. The summed E-state index contributed by atoms with van der Waals surface area (Å²) in [4.78, 5) is 4.29. The second-order valence-electron chi connectivity index (χ2n) is 5.25. The third-order valence-electron chi connectivity index (χ3n) is 2.47. The molecule has 3 N–H and O–H groups in total. The Bertz CT molecular complexity index is 190. The van der Waals surface area contributed by atoms with Crippen LogP contribution < -0.4 is 11.1 Å². The van der Waals surface area contributed by atoms with E-state index in [9.17, 15) is 0 Å². The quantitative estimate of drug-likeness (QED) is 0.475. The molecule has 1 rings (SSSR count). The van der Waals surface area contributed by atoms with E-state index in [1.54, 1.807) is 0 Å². The molecule has 0 radical (unpaired) electrons. The number of nitrogens with zero attached hydrogens (tertiary/aromatic N) is 1. The summed E-state index contributed by atoms with van der Waals surface area (Å²) >= 11 is 0. The predicted molar refractivity (Wildman–Crippen MR) is 57.0 cm³/mol. The predicted octanol–water partition coefficient (Wildman–Crippen LogP) is 1.28. The first-order valence-corrected chi connectivity index (χ1v) is 4.87. The van der Waals surface area contributed by atoms with Crippen LogP contribution in [0.5, 0.6) is 0 Å².